The lowest BCUT2D eigenvalue weighted by atomic mass is 9.79. The van der Waals surface area contributed by atoms with Crippen LogP contribution in [0, 0.1) is 0 Å². The molecule has 1 aromatic carbocycles. The molecule has 0 spiro atoms. The van der Waals surface area contributed by atoms with E-state index >= 15 is 0 Å². The number of methoxy groups -OCH3 is 1. The van der Waals surface area contributed by atoms with Gasteiger partial charge < -0.3 is 14.4 Å². The number of rotatable bonds is 1. The van der Waals surface area contributed by atoms with Gasteiger partial charge in [-0.2, -0.15) is 0 Å². The van der Waals surface area contributed by atoms with E-state index in [-0.39, 0.29) is 0 Å². The summed E-state index contributed by atoms with van der Waals surface area (Å²) in [7, 11) is 0.819. The largest absolute Gasteiger partial charge is 0.497 e. The average Bonchev–Trinajstić information content (AvgIpc) is 2.75. The first-order valence-electron chi connectivity index (χ1n) is 5.78. The third-order valence-electron chi connectivity index (χ3n) is 2.02. The van der Waals surface area contributed by atoms with Crippen molar-refractivity contribution in [1.82, 2.24) is 0 Å². The summed E-state index contributed by atoms with van der Waals surface area (Å²) < 4.78 is 10.0. The van der Waals surface area contributed by atoms with Crippen molar-refractivity contribution in [2.24, 2.45) is 0 Å². The number of benzene rings is 1. The Morgan fingerprint density at radius 1 is 1.25 bits per heavy atom. The molecule has 90 valence electrons. The molecular formula is C12H21BO3. The van der Waals surface area contributed by atoms with E-state index in [4.69, 9.17) is 9.39 Å². The maximum Gasteiger partial charge on any atom is 0.491 e. The zero-order valence-corrected chi connectivity index (χ0v) is 10.8. The first-order chi connectivity index (χ1) is 7.81. The van der Waals surface area contributed by atoms with Gasteiger partial charge in [-0.25, -0.2) is 0 Å². The highest BCUT2D eigenvalue weighted by Gasteiger charge is 2.27. The summed E-state index contributed by atoms with van der Waals surface area (Å²) >= 11 is 0. The van der Waals surface area contributed by atoms with Gasteiger partial charge in [-0.3, -0.25) is 0 Å². The van der Waals surface area contributed by atoms with Crippen LogP contribution >= 0.6 is 0 Å². The summed E-state index contributed by atoms with van der Waals surface area (Å²) in [4.78, 5) is 0. The minimum atomic E-state index is -0.782. The molecule has 0 aliphatic carbocycles. The number of ether oxygens (including phenoxy) is 1. The third kappa shape index (κ3) is 3.54. The topological polar surface area (TPSA) is 38.7 Å². The highest BCUT2D eigenvalue weighted by molar-refractivity contribution is 6.61. The van der Waals surface area contributed by atoms with Crippen molar-refractivity contribution >= 4 is 12.6 Å². The molecule has 16 heavy (non-hydrogen) atoms. The summed E-state index contributed by atoms with van der Waals surface area (Å²) in [6, 6.07) is 5.57. The van der Waals surface area contributed by atoms with E-state index in [1.807, 2.05) is 39.8 Å². The Hall–Kier alpha value is -0.995. The molecular weight excluding hydrogens is 203 g/mol. The van der Waals surface area contributed by atoms with Crippen molar-refractivity contribution in [3.63, 3.8) is 0 Å². The summed E-state index contributed by atoms with van der Waals surface area (Å²) in [5.41, 5.74) is 1.85. The Bertz CT molecular complexity index is 302. The van der Waals surface area contributed by atoms with E-state index in [0.29, 0.717) is 6.61 Å². The Kier molecular flexibility index (Phi) is 7.68. The first kappa shape index (κ1) is 15.0. The second kappa shape index (κ2) is 8.19. The molecule has 3 nitrogen and oxygen atoms in total. The lowest BCUT2D eigenvalue weighted by Crippen LogP contribution is -2.27. The quantitative estimate of drug-likeness (QED) is 0.741. The Morgan fingerprint density at radius 2 is 1.88 bits per heavy atom. The minimum absolute atomic E-state index is 0.487. The maximum atomic E-state index is 9.32. The van der Waals surface area contributed by atoms with Crippen molar-refractivity contribution in [3.05, 3.63) is 23.8 Å². The fraction of sp³-hybridized carbons (Fsp3) is 0.500. The molecule has 4 heteroatoms. The van der Waals surface area contributed by atoms with Gasteiger partial charge in [0.15, 0.2) is 0 Å². The molecule has 0 fully saturated rings. The second-order valence-corrected chi connectivity index (χ2v) is 2.73. The molecule has 2 rings (SSSR count). The van der Waals surface area contributed by atoms with Gasteiger partial charge in [0, 0.05) is 0 Å². The molecule has 1 aliphatic heterocycles. The summed E-state index contributed by atoms with van der Waals surface area (Å²) in [5.74, 6) is 0.748. The smallest absolute Gasteiger partial charge is 0.491 e. The molecule has 1 aromatic rings. The lowest BCUT2D eigenvalue weighted by Gasteiger charge is -2.01. The highest BCUT2D eigenvalue weighted by Crippen LogP contribution is 2.15. The average molecular weight is 224 g/mol. The molecule has 0 saturated heterocycles. The number of hydrogen-bond acceptors (Lipinski definition) is 3. The Labute approximate surface area is 98.5 Å². The van der Waals surface area contributed by atoms with Gasteiger partial charge in [0.25, 0.3) is 0 Å². The normalized spacial score (nSPS) is 11.8. The van der Waals surface area contributed by atoms with E-state index in [1.165, 1.54) is 0 Å². The molecule has 0 bridgehead atoms. The van der Waals surface area contributed by atoms with Crippen LogP contribution in [0.15, 0.2) is 18.2 Å². The minimum Gasteiger partial charge on any atom is -0.497 e. The van der Waals surface area contributed by atoms with E-state index in [9.17, 15) is 5.02 Å². The van der Waals surface area contributed by atoms with Crippen molar-refractivity contribution in [3.8, 4) is 5.75 Å². The predicted octanol–water partition coefficient (Wildman–Crippen LogP) is 1.97. The van der Waals surface area contributed by atoms with Gasteiger partial charge >= 0.3 is 7.12 Å². The second-order valence-electron chi connectivity index (χ2n) is 2.73. The van der Waals surface area contributed by atoms with Crippen LogP contribution < -0.4 is 10.2 Å². The highest BCUT2D eigenvalue weighted by atomic mass is 16.5. The standard InChI is InChI=1S/C8H9BO3.2C2H6/c1-11-7-3-2-6-5-12-9(10)8(6)4-7;2*1-2/h2-4,10H,5H2,1H3;2*1-2H3. The third-order valence-corrected chi connectivity index (χ3v) is 2.02. The van der Waals surface area contributed by atoms with E-state index in [0.717, 1.165) is 16.8 Å². The Morgan fingerprint density at radius 3 is 2.44 bits per heavy atom. The maximum absolute atomic E-state index is 9.32. The molecule has 1 N–H and O–H groups in total. The van der Waals surface area contributed by atoms with Crippen molar-refractivity contribution < 1.29 is 14.4 Å². The fourth-order valence-corrected chi connectivity index (χ4v) is 1.32. The van der Waals surface area contributed by atoms with Crippen LogP contribution in [-0.2, 0) is 11.3 Å². The molecule has 1 aliphatic rings. The predicted molar refractivity (Wildman–Crippen MR) is 68.1 cm³/mol. The van der Waals surface area contributed by atoms with Crippen LogP contribution in [-0.4, -0.2) is 19.3 Å². The molecule has 0 atom stereocenters. The molecule has 0 radical (unpaired) electrons. The van der Waals surface area contributed by atoms with Crippen LogP contribution in [0.2, 0.25) is 0 Å². The summed E-state index contributed by atoms with van der Waals surface area (Å²) in [6.07, 6.45) is 0. The van der Waals surface area contributed by atoms with Crippen LogP contribution in [0.3, 0.4) is 0 Å². The molecule has 1 heterocycles. The SMILES string of the molecule is CC.CC.COc1ccc2c(c1)B(O)OC2. The van der Waals surface area contributed by atoms with Gasteiger partial charge in [0.2, 0.25) is 0 Å². The van der Waals surface area contributed by atoms with Crippen LogP contribution in [0.1, 0.15) is 33.3 Å². The van der Waals surface area contributed by atoms with E-state index in [2.05, 4.69) is 0 Å². The molecule has 0 amide bonds. The summed E-state index contributed by atoms with van der Waals surface area (Å²) in [6.45, 7) is 8.49. The van der Waals surface area contributed by atoms with Gasteiger partial charge in [-0.15, -0.1) is 0 Å². The monoisotopic (exact) mass is 224 g/mol. The van der Waals surface area contributed by atoms with E-state index in [1.54, 1.807) is 13.2 Å². The fourth-order valence-electron chi connectivity index (χ4n) is 1.32. The molecule has 0 saturated carbocycles. The number of fused-ring (bicyclic) bond motifs is 1. The van der Waals surface area contributed by atoms with Crippen LogP contribution in [0.25, 0.3) is 0 Å². The first-order valence-corrected chi connectivity index (χ1v) is 5.78. The zero-order chi connectivity index (χ0) is 12.6. The van der Waals surface area contributed by atoms with Crippen molar-refractivity contribution in [1.29, 1.82) is 0 Å². The Balaban J connectivity index is 0.000000509. The van der Waals surface area contributed by atoms with Crippen molar-refractivity contribution in [2.45, 2.75) is 34.3 Å². The summed E-state index contributed by atoms with van der Waals surface area (Å²) in [5, 5.41) is 9.32. The van der Waals surface area contributed by atoms with E-state index < -0.39 is 7.12 Å². The van der Waals surface area contributed by atoms with Crippen LogP contribution in [0.4, 0.5) is 0 Å². The number of hydrogen-bond donors (Lipinski definition) is 1. The van der Waals surface area contributed by atoms with Gasteiger partial charge in [-0.05, 0) is 23.2 Å². The zero-order valence-electron chi connectivity index (χ0n) is 10.8. The van der Waals surface area contributed by atoms with Crippen LogP contribution in [0.5, 0.6) is 5.75 Å². The van der Waals surface area contributed by atoms with Gasteiger partial charge in [0.05, 0.1) is 13.7 Å². The lowest BCUT2D eigenvalue weighted by molar-refractivity contribution is 0.275. The van der Waals surface area contributed by atoms with Gasteiger partial charge in [0.1, 0.15) is 5.75 Å². The van der Waals surface area contributed by atoms with Crippen molar-refractivity contribution in [2.75, 3.05) is 7.11 Å². The molecule has 0 aromatic heterocycles. The van der Waals surface area contributed by atoms with Gasteiger partial charge in [-0.1, -0.05) is 33.8 Å². The molecule has 0 unspecified atom stereocenters.